The number of rotatable bonds is 4. The number of anilines is 2. The second kappa shape index (κ2) is 5.39. The minimum Gasteiger partial charge on any atom is -0.397 e. The normalized spacial score (nSPS) is 9.94. The van der Waals surface area contributed by atoms with Gasteiger partial charge in [-0.2, -0.15) is 0 Å². The zero-order valence-electron chi connectivity index (χ0n) is 10.8. The first-order valence-electron chi connectivity index (χ1n) is 5.43. The molecule has 0 fully saturated rings. The molecule has 1 aromatic carbocycles. The van der Waals surface area contributed by atoms with Crippen LogP contribution in [0.5, 0.6) is 0 Å². The smallest absolute Gasteiger partial charge is 0.248 e. The van der Waals surface area contributed by atoms with Gasteiger partial charge in [0.1, 0.15) is 0 Å². The Hall–Kier alpha value is -2.24. The van der Waals surface area contributed by atoms with Crippen LogP contribution in [0.25, 0.3) is 0 Å². The van der Waals surface area contributed by atoms with E-state index in [0.717, 1.165) is 0 Å². The van der Waals surface area contributed by atoms with Gasteiger partial charge >= 0.3 is 0 Å². The second-order valence-electron chi connectivity index (χ2n) is 4.28. The van der Waals surface area contributed by atoms with Gasteiger partial charge in [0.15, 0.2) is 0 Å². The average molecular weight is 250 g/mol. The lowest BCUT2D eigenvalue weighted by molar-refractivity contribution is -0.127. The predicted molar refractivity (Wildman–Crippen MR) is 71.3 cm³/mol. The van der Waals surface area contributed by atoms with Gasteiger partial charge in [0, 0.05) is 26.7 Å². The fraction of sp³-hybridized carbons (Fsp3) is 0.333. The average Bonchev–Trinajstić information content (AvgIpc) is 2.28. The molecule has 0 atom stereocenters. The van der Waals surface area contributed by atoms with Crippen LogP contribution >= 0.6 is 0 Å². The molecule has 0 aliphatic heterocycles. The monoisotopic (exact) mass is 250 g/mol. The molecule has 6 nitrogen and oxygen atoms in total. The lowest BCUT2D eigenvalue weighted by atomic mass is 10.1. The third-order valence-electron chi connectivity index (χ3n) is 2.60. The molecular formula is C12H18N4O2. The van der Waals surface area contributed by atoms with Crippen molar-refractivity contribution in [3.8, 4) is 0 Å². The summed E-state index contributed by atoms with van der Waals surface area (Å²) in [6, 6.07) is 4.75. The lowest BCUT2D eigenvalue weighted by Crippen LogP contribution is -2.34. The highest BCUT2D eigenvalue weighted by atomic mass is 16.2. The number of hydrogen-bond donors (Lipinski definition) is 2. The molecular weight excluding hydrogens is 232 g/mol. The molecule has 0 radical (unpaired) electrons. The Balaban J connectivity index is 2.97. The molecule has 18 heavy (non-hydrogen) atoms. The van der Waals surface area contributed by atoms with Gasteiger partial charge in [-0.1, -0.05) is 0 Å². The number of carbonyl (C=O) groups excluding carboxylic acids is 2. The molecule has 1 rings (SSSR count). The number of hydrogen-bond acceptors (Lipinski definition) is 4. The standard InChI is InChI=1S/C12H18N4O2/c1-15(2)11(17)7-16(3)10-6-8(12(14)18)4-5-9(10)13/h4-6H,7,13H2,1-3H3,(H2,14,18). The second-order valence-corrected chi connectivity index (χ2v) is 4.28. The number of amides is 2. The van der Waals surface area contributed by atoms with Crippen molar-refractivity contribution >= 4 is 23.2 Å². The quantitative estimate of drug-likeness (QED) is 0.729. The fourth-order valence-electron chi connectivity index (χ4n) is 1.46. The summed E-state index contributed by atoms with van der Waals surface area (Å²) in [5.74, 6) is -0.579. The van der Waals surface area contributed by atoms with Crippen LogP contribution in [0.4, 0.5) is 11.4 Å². The van der Waals surface area contributed by atoms with Gasteiger partial charge < -0.3 is 21.3 Å². The zero-order valence-corrected chi connectivity index (χ0v) is 10.8. The van der Waals surface area contributed by atoms with E-state index in [2.05, 4.69) is 0 Å². The van der Waals surface area contributed by atoms with Crippen molar-refractivity contribution in [3.63, 3.8) is 0 Å². The highest BCUT2D eigenvalue weighted by Crippen LogP contribution is 2.23. The number of nitrogen functional groups attached to an aromatic ring is 1. The van der Waals surface area contributed by atoms with Crippen molar-refractivity contribution in [1.82, 2.24) is 4.90 Å². The maximum atomic E-state index is 11.6. The van der Waals surface area contributed by atoms with E-state index in [4.69, 9.17) is 11.5 Å². The number of nitrogens with two attached hydrogens (primary N) is 2. The van der Waals surface area contributed by atoms with Crippen LogP contribution in [0, 0.1) is 0 Å². The van der Waals surface area contributed by atoms with Crippen LogP contribution in [-0.2, 0) is 4.79 Å². The first-order valence-corrected chi connectivity index (χ1v) is 5.43. The highest BCUT2D eigenvalue weighted by molar-refractivity contribution is 5.95. The van der Waals surface area contributed by atoms with Crippen LogP contribution in [-0.4, -0.2) is 44.4 Å². The van der Waals surface area contributed by atoms with E-state index in [-0.39, 0.29) is 12.5 Å². The Labute approximate surface area is 106 Å². The summed E-state index contributed by atoms with van der Waals surface area (Å²) < 4.78 is 0. The van der Waals surface area contributed by atoms with Crippen LogP contribution in [0.3, 0.4) is 0 Å². The van der Waals surface area contributed by atoms with E-state index in [0.29, 0.717) is 16.9 Å². The van der Waals surface area contributed by atoms with Crippen molar-refractivity contribution in [2.24, 2.45) is 5.73 Å². The van der Waals surface area contributed by atoms with Gasteiger partial charge in [-0.15, -0.1) is 0 Å². The summed E-state index contributed by atoms with van der Waals surface area (Å²) >= 11 is 0. The molecule has 0 heterocycles. The number of carbonyl (C=O) groups is 2. The van der Waals surface area contributed by atoms with E-state index in [1.807, 2.05) is 0 Å². The Morgan fingerprint density at radius 2 is 1.83 bits per heavy atom. The van der Waals surface area contributed by atoms with Crippen molar-refractivity contribution in [2.45, 2.75) is 0 Å². The van der Waals surface area contributed by atoms with Gasteiger partial charge in [0.2, 0.25) is 11.8 Å². The molecule has 6 heteroatoms. The summed E-state index contributed by atoms with van der Waals surface area (Å²) in [6.45, 7) is 0.180. The minimum absolute atomic E-state index is 0.0543. The van der Waals surface area contributed by atoms with Gasteiger partial charge in [-0.25, -0.2) is 0 Å². The van der Waals surface area contributed by atoms with Gasteiger partial charge in [0.05, 0.1) is 17.9 Å². The minimum atomic E-state index is -0.524. The molecule has 0 bridgehead atoms. The Morgan fingerprint density at radius 3 is 2.33 bits per heavy atom. The van der Waals surface area contributed by atoms with Gasteiger partial charge in [-0.05, 0) is 18.2 Å². The van der Waals surface area contributed by atoms with Crippen LogP contribution < -0.4 is 16.4 Å². The molecule has 98 valence electrons. The summed E-state index contributed by atoms with van der Waals surface area (Å²) in [6.07, 6.45) is 0. The van der Waals surface area contributed by atoms with Crippen LogP contribution in [0.1, 0.15) is 10.4 Å². The lowest BCUT2D eigenvalue weighted by Gasteiger charge is -2.22. The topological polar surface area (TPSA) is 92.7 Å². The van der Waals surface area contributed by atoms with Gasteiger partial charge in [-0.3, -0.25) is 9.59 Å². The fourth-order valence-corrected chi connectivity index (χ4v) is 1.46. The van der Waals surface area contributed by atoms with E-state index in [9.17, 15) is 9.59 Å². The van der Waals surface area contributed by atoms with Crippen LogP contribution in [0.15, 0.2) is 18.2 Å². The summed E-state index contributed by atoms with van der Waals surface area (Å²) in [7, 11) is 5.09. The first kappa shape index (κ1) is 13.8. The third kappa shape index (κ3) is 3.13. The zero-order chi connectivity index (χ0) is 13.9. The van der Waals surface area contributed by atoms with Crippen molar-refractivity contribution in [1.29, 1.82) is 0 Å². The summed E-state index contributed by atoms with van der Waals surface area (Å²) in [5.41, 5.74) is 12.5. The van der Waals surface area contributed by atoms with E-state index >= 15 is 0 Å². The summed E-state index contributed by atoms with van der Waals surface area (Å²) in [4.78, 5) is 25.9. The molecule has 0 unspecified atom stereocenters. The molecule has 2 amide bonds. The van der Waals surface area contributed by atoms with Crippen molar-refractivity contribution in [2.75, 3.05) is 38.3 Å². The van der Waals surface area contributed by atoms with Crippen LogP contribution in [0.2, 0.25) is 0 Å². The molecule has 0 spiro atoms. The molecule has 1 aromatic rings. The molecule has 0 saturated carbocycles. The number of nitrogens with zero attached hydrogens (tertiary/aromatic N) is 2. The molecule has 0 aliphatic carbocycles. The maximum Gasteiger partial charge on any atom is 0.248 e. The Morgan fingerprint density at radius 1 is 1.22 bits per heavy atom. The molecule has 0 aliphatic rings. The number of benzene rings is 1. The predicted octanol–water partition coefficient (Wildman–Crippen LogP) is -0.108. The van der Waals surface area contributed by atoms with Crippen molar-refractivity contribution < 1.29 is 9.59 Å². The molecule has 0 aromatic heterocycles. The Kier molecular flexibility index (Phi) is 4.14. The number of primary amides is 1. The SMILES string of the molecule is CN(C)C(=O)CN(C)c1cc(C(N)=O)ccc1N. The molecule has 0 saturated heterocycles. The van der Waals surface area contributed by atoms with Gasteiger partial charge in [0.25, 0.3) is 0 Å². The van der Waals surface area contributed by atoms with E-state index < -0.39 is 5.91 Å². The Bertz CT molecular complexity index is 471. The van der Waals surface area contributed by atoms with E-state index in [1.54, 1.807) is 44.2 Å². The van der Waals surface area contributed by atoms with E-state index in [1.165, 1.54) is 4.90 Å². The maximum absolute atomic E-state index is 11.6. The number of likely N-dealkylation sites (N-methyl/N-ethyl adjacent to an activating group) is 2. The largest absolute Gasteiger partial charge is 0.397 e. The summed E-state index contributed by atoms with van der Waals surface area (Å²) in [5, 5.41) is 0. The highest BCUT2D eigenvalue weighted by Gasteiger charge is 2.13. The van der Waals surface area contributed by atoms with Crippen molar-refractivity contribution in [3.05, 3.63) is 23.8 Å². The third-order valence-corrected chi connectivity index (χ3v) is 2.60. The molecule has 4 N–H and O–H groups in total. The first-order chi connectivity index (χ1) is 8.32.